The molecule has 0 aromatic heterocycles. The van der Waals surface area contributed by atoms with Crippen LogP contribution >= 0.6 is 0 Å². The first-order chi connectivity index (χ1) is 19.7. The van der Waals surface area contributed by atoms with Crippen LogP contribution in [0.5, 0.6) is 0 Å². The maximum absolute atomic E-state index is 15.3. The van der Waals surface area contributed by atoms with E-state index in [-0.39, 0.29) is 17.4 Å². The van der Waals surface area contributed by atoms with Crippen LogP contribution in [0, 0.1) is 87.3 Å². The predicted molar refractivity (Wildman–Crippen MR) is 121 cm³/mol. The number of nitrogens with zero attached hydrogens (tertiary/aromatic N) is 1. The zero-order valence-corrected chi connectivity index (χ0v) is 21.9. The van der Waals surface area contributed by atoms with Gasteiger partial charge in [-0.1, -0.05) is 16.4 Å². The lowest BCUT2D eigenvalue weighted by Gasteiger charge is -2.44. The van der Waals surface area contributed by atoms with Crippen LogP contribution in [0.3, 0.4) is 0 Å². The van der Waals surface area contributed by atoms with E-state index >= 15 is 26.3 Å². The Balaban J connectivity index is 2.68. The van der Waals surface area contributed by atoms with E-state index in [2.05, 4.69) is 0 Å². The zero-order valence-electron chi connectivity index (χ0n) is 21.9. The molecule has 2 nitrogen and oxygen atoms in total. The standard InChI is InChI=1S/C25H17BF15NO/c1-42(2,3)6-4-5-7-43-26(8-11(27)17(33)23(39)18(34)12(8)28,9-13(29)19(35)24(40)20(36)14(9)30)10-15(31)21(37)25(41)22(38)16(10)32/h4-7H2,1-3H3. The lowest BCUT2D eigenvalue weighted by Crippen LogP contribution is -2.75. The summed E-state index contributed by atoms with van der Waals surface area (Å²) >= 11 is 0. The number of halogens is 15. The molecule has 0 atom stereocenters. The highest BCUT2D eigenvalue weighted by Crippen LogP contribution is 2.28. The maximum atomic E-state index is 15.3. The van der Waals surface area contributed by atoms with E-state index in [9.17, 15) is 39.5 Å². The fourth-order valence-electron chi connectivity index (χ4n) is 4.57. The normalized spacial score (nSPS) is 12.4. The van der Waals surface area contributed by atoms with E-state index in [1.807, 2.05) is 0 Å². The molecule has 43 heavy (non-hydrogen) atoms. The van der Waals surface area contributed by atoms with Gasteiger partial charge in [-0.25, -0.2) is 65.9 Å². The minimum atomic E-state index is -5.97. The lowest BCUT2D eigenvalue weighted by molar-refractivity contribution is -0.870. The molecule has 0 fully saturated rings. The average Bonchev–Trinajstić information content (AvgIpc) is 2.94. The molecule has 18 heteroatoms. The molecule has 0 amide bonds. The monoisotopic (exact) mass is 643 g/mol. The SMILES string of the molecule is C[N+](C)(C)CCCCO[B-](c1c(F)c(F)c(F)c(F)c1F)(c1c(F)c(F)c(F)c(F)c1F)c1c(F)c(F)c(F)c(F)c1F. The molecular formula is C25H17BF15NO. The molecule has 3 aromatic rings. The highest BCUT2D eigenvalue weighted by atomic mass is 19.2. The minimum absolute atomic E-state index is 0.0407. The van der Waals surface area contributed by atoms with Crippen LogP contribution < -0.4 is 16.4 Å². The van der Waals surface area contributed by atoms with Gasteiger partial charge in [-0.2, -0.15) is 0 Å². The van der Waals surface area contributed by atoms with Gasteiger partial charge < -0.3 is 9.14 Å². The molecular weight excluding hydrogens is 626 g/mol. The van der Waals surface area contributed by atoms with Crippen LogP contribution in [-0.4, -0.2) is 45.1 Å². The summed E-state index contributed by atoms with van der Waals surface area (Å²) in [4.78, 5) is 0. The van der Waals surface area contributed by atoms with E-state index in [1.165, 1.54) is 0 Å². The summed E-state index contributed by atoms with van der Waals surface area (Å²) in [5, 5.41) is 0. The van der Waals surface area contributed by atoms with Crippen molar-refractivity contribution < 1.29 is 75.0 Å². The van der Waals surface area contributed by atoms with Crippen LogP contribution in [-0.2, 0) is 4.65 Å². The van der Waals surface area contributed by atoms with Gasteiger partial charge in [0.15, 0.2) is 52.4 Å². The Morgan fingerprint density at radius 3 is 0.860 bits per heavy atom. The van der Waals surface area contributed by atoms with Gasteiger partial charge in [0, 0.05) is 6.61 Å². The molecule has 0 aliphatic rings. The summed E-state index contributed by atoms with van der Waals surface area (Å²) in [6, 6.07) is 0. The van der Waals surface area contributed by atoms with Crippen molar-refractivity contribution in [1.29, 1.82) is 0 Å². The molecule has 0 N–H and O–H groups in total. The summed E-state index contributed by atoms with van der Waals surface area (Å²) in [5.74, 6) is -46.0. The van der Waals surface area contributed by atoms with Gasteiger partial charge in [0.1, 0.15) is 34.9 Å². The van der Waals surface area contributed by atoms with E-state index in [0.29, 0.717) is 0 Å². The third-order valence-corrected chi connectivity index (χ3v) is 6.54. The van der Waals surface area contributed by atoms with Gasteiger partial charge in [-0.3, -0.25) is 0 Å². The minimum Gasteiger partial charge on any atom is -0.579 e. The molecule has 0 saturated carbocycles. The predicted octanol–water partition coefficient (Wildman–Crippen LogP) is 5.24. The Morgan fingerprint density at radius 2 is 0.628 bits per heavy atom. The van der Waals surface area contributed by atoms with Crippen molar-refractivity contribution in [2.75, 3.05) is 34.3 Å². The van der Waals surface area contributed by atoms with Gasteiger partial charge in [0.25, 0.3) is 0 Å². The van der Waals surface area contributed by atoms with E-state index in [0.717, 1.165) is 0 Å². The van der Waals surface area contributed by atoms with Gasteiger partial charge in [-0.05, 0) is 12.8 Å². The van der Waals surface area contributed by atoms with E-state index in [4.69, 9.17) is 4.65 Å². The lowest BCUT2D eigenvalue weighted by atomic mass is 9.27. The summed E-state index contributed by atoms with van der Waals surface area (Å²) in [6.07, 6.45) is -6.48. The molecule has 3 aromatic carbocycles. The van der Waals surface area contributed by atoms with Crippen molar-refractivity contribution in [2.24, 2.45) is 0 Å². The van der Waals surface area contributed by atoms with Gasteiger partial charge in [-0.15, -0.1) is 0 Å². The summed E-state index contributed by atoms with van der Waals surface area (Å²) in [7, 11) is 4.90. The summed E-state index contributed by atoms with van der Waals surface area (Å²) in [6.45, 7) is -1.09. The first-order valence-corrected chi connectivity index (χ1v) is 11.9. The topological polar surface area (TPSA) is 9.23 Å². The molecule has 236 valence electrons. The first-order valence-electron chi connectivity index (χ1n) is 11.9. The second kappa shape index (κ2) is 11.9. The Kier molecular flexibility index (Phi) is 9.46. The quantitative estimate of drug-likeness (QED) is 0.0775. The first kappa shape index (κ1) is 34.1. The Morgan fingerprint density at radius 1 is 0.395 bits per heavy atom. The largest absolute Gasteiger partial charge is 0.579 e. The molecule has 0 radical (unpaired) electrons. The molecule has 0 bridgehead atoms. The Bertz CT molecular complexity index is 1350. The number of quaternary nitrogens is 1. The van der Waals surface area contributed by atoms with E-state index in [1.54, 1.807) is 21.1 Å². The molecule has 0 spiro atoms. The highest BCUT2D eigenvalue weighted by molar-refractivity contribution is 7.07. The molecule has 0 aliphatic carbocycles. The Labute approximate surface area is 232 Å². The van der Waals surface area contributed by atoms with Crippen LogP contribution in [0.4, 0.5) is 65.9 Å². The summed E-state index contributed by atoms with van der Waals surface area (Å²) in [5.41, 5.74) is -8.35. The van der Waals surface area contributed by atoms with Crippen molar-refractivity contribution in [2.45, 2.75) is 12.8 Å². The average molecular weight is 643 g/mol. The maximum Gasteiger partial charge on any atom is 0.216 e. The molecule has 0 aliphatic heterocycles. The second-order valence-electron chi connectivity index (χ2n) is 10.3. The number of benzene rings is 3. The highest BCUT2D eigenvalue weighted by Gasteiger charge is 2.49. The van der Waals surface area contributed by atoms with Crippen LogP contribution in [0.25, 0.3) is 0 Å². The number of unbranched alkanes of at least 4 members (excludes halogenated alkanes) is 1. The third-order valence-electron chi connectivity index (χ3n) is 6.54. The van der Waals surface area contributed by atoms with E-state index < -0.39 is 123 Å². The number of rotatable bonds is 9. The van der Waals surface area contributed by atoms with Gasteiger partial charge >= 0.3 is 0 Å². The van der Waals surface area contributed by atoms with Gasteiger partial charge in [0.2, 0.25) is 6.35 Å². The Hall–Kier alpha value is -3.41. The van der Waals surface area contributed by atoms with Crippen molar-refractivity contribution >= 4 is 22.7 Å². The fourth-order valence-corrected chi connectivity index (χ4v) is 4.57. The van der Waals surface area contributed by atoms with Crippen LogP contribution in [0.2, 0.25) is 0 Å². The molecule has 0 unspecified atom stereocenters. The third kappa shape index (κ3) is 5.54. The van der Waals surface area contributed by atoms with Crippen LogP contribution in [0.15, 0.2) is 0 Å². The van der Waals surface area contributed by atoms with Crippen LogP contribution in [0.1, 0.15) is 12.8 Å². The zero-order chi connectivity index (χ0) is 32.9. The second-order valence-corrected chi connectivity index (χ2v) is 10.3. The summed E-state index contributed by atoms with van der Waals surface area (Å²) < 4.78 is 225. The van der Waals surface area contributed by atoms with Gasteiger partial charge in [0.05, 0.1) is 27.7 Å². The number of hydrogen-bond donors (Lipinski definition) is 0. The van der Waals surface area contributed by atoms with Crippen molar-refractivity contribution in [3.63, 3.8) is 0 Å². The number of hydrogen-bond acceptors (Lipinski definition) is 1. The van der Waals surface area contributed by atoms with Crippen molar-refractivity contribution in [1.82, 2.24) is 0 Å². The van der Waals surface area contributed by atoms with Crippen molar-refractivity contribution in [3.05, 3.63) is 87.3 Å². The molecule has 0 saturated heterocycles. The molecule has 0 heterocycles. The van der Waals surface area contributed by atoms with Crippen molar-refractivity contribution in [3.8, 4) is 0 Å². The fraction of sp³-hybridized carbons (Fsp3) is 0.280. The smallest absolute Gasteiger partial charge is 0.216 e. The molecule has 3 rings (SSSR count).